The zero-order valence-electron chi connectivity index (χ0n) is 15.6. The molecule has 0 aromatic heterocycles. The zero-order chi connectivity index (χ0) is 18.8. The molecule has 5 heteroatoms. The molecule has 0 bridgehead atoms. The number of fused-ring (bicyclic) bond motifs is 3. The minimum absolute atomic E-state index is 0.0542. The van der Waals surface area contributed by atoms with Gasteiger partial charge in [-0.05, 0) is 63.9 Å². The molecule has 0 aliphatic heterocycles. The highest BCUT2D eigenvalue weighted by molar-refractivity contribution is 5.98. The van der Waals surface area contributed by atoms with E-state index in [1.807, 2.05) is 6.92 Å². The lowest BCUT2D eigenvalue weighted by Crippen LogP contribution is -2.62. The van der Waals surface area contributed by atoms with Gasteiger partial charge in [-0.25, -0.2) is 0 Å². The lowest BCUT2D eigenvalue weighted by Gasteiger charge is -2.61. The van der Waals surface area contributed by atoms with Crippen molar-refractivity contribution in [3.05, 3.63) is 11.6 Å². The first-order valence-electron chi connectivity index (χ1n) is 9.29. The molecule has 0 aromatic rings. The Balaban J connectivity index is 2.06. The highest BCUT2D eigenvalue weighted by Crippen LogP contribution is 2.64. The summed E-state index contributed by atoms with van der Waals surface area (Å²) in [7, 11) is 0. The second kappa shape index (κ2) is 5.40. The summed E-state index contributed by atoms with van der Waals surface area (Å²) in [6, 6.07) is 0. The maximum Gasteiger partial charge on any atom is 0.309 e. The molecule has 0 heterocycles. The Morgan fingerprint density at radius 3 is 2.40 bits per heavy atom. The molecule has 25 heavy (non-hydrogen) atoms. The quantitative estimate of drug-likeness (QED) is 0.712. The molecule has 3 rings (SSSR count). The number of carbonyl (C=O) groups is 2. The van der Waals surface area contributed by atoms with Gasteiger partial charge in [-0.15, -0.1) is 0 Å². The number of Topliss-reactive ketones (excluding diaryl/α,β-unsaturated/α-hetero) is 1. The van der Waals surface area contributed by atoms with Crippen molar-refractivity contribution in [2.75, 3.05) is 0 Å². The molecule has 0 spiro atoms. The predicted octanol–water partition coefficient (Wildman–Crippen LogP) is 2.69. The fourth-order valence-electron chi connectivity index (χ4n) is 6.08. The average Bonchev–Trinajstić information content (AvgIpc) is 2.47. The molecule has 140 valence electrons. The van der Waals surface area contributed by atoms with Gasteiger partial charge >= 0.3 is 5.97 Å². The lowest BCUT2D eigenvalue weighted by atomic mass is 9.43. The van der Waals surface area contributed by atoms with E-state index in [-0.39, 0.29) is 29.6 Å². The van der Waals surface area contributed by atoms with Crippen molar-refractivity contribution < 1.29 is 24.9 Å². The van der Waals surface area contributed by atoms with Crippen molar-refractivity contribution in [1.82, 2.24) is 0 Å². The van der Waals surface area contributed by atoms with Crippen molar-refractivity contribution in [1.29, 1.82) is 0 Å². The van der Waals surface area contributed by atoms with Crippen LogP contribution in [0.2, 0.25) is 0 Å². The topological polar surface area (TPSA) is 94.8 Å². The van der Waals surface area contributed by atoms with Crippen LogP contribution in [0.25, 0.3) is 0 Å². The Hall–Kier alpha value is -1.20. The number of carbonyl (C=O) groups excluding carboxylic acids is 1. The van der Waals surface area contributed by atoms with E-state index in [2.05, 4.69) is 6.92 Å². The number of hydrogen-bond acceptors (Lipinski definition) is 4. The van der Waals surface area contributed by atoms with Crippen LogP contribution in [-0.4, -0.2) is 38.3 Å². The number of aliphatic carboxylic acids is 1. The molecule has 3 aliphatic rings. The number of carboxylic acid groups (broad SMARTS) is 1. The average molecular weight is 350 g/mol. The van der Waals surface area contributed by atoms with Gasteiger partial charge in [0.15, 0.2) is 5.78 Å². The maximum atomic E-state index is 12.7. The van der Waals surface area contributed by atoms with E-state index in [9.17, 15) is 24.9 Å². The fraction of sp³-hybridized carbons (Fsp3) is 0.800. The fourth-order valence-corrected chi connectivity index (χ4v) is 6.08. The van der Waals surface area contributed by atoms with Gasteiger partial charge in [0.05, 0.1) is 16.6 Å². The molecule has 0 saturated heterocycles. The Bertz CT molecular complexity index is 645. The van der Waals surface area contributed by atoms with Crippen LogP contribution in [0.3, 0.4) is 0 Å². The van der Waals surface area contributed by atoms with Crippen LogP contribution < -0.4 is 0 Å². The highest BCUT2D eigenvalue weighted by Gasteiger charge is 2.63. The van der Waals surface area contributed by atoms with E-state index >= 15 is 0 Å². The molecule has 0 aromatic carbocycles. The Morgan fingerprint density at radius 2 is 1.84 bits per heavy atom. The van der Waals surface area contributed by atoms with Gasteiger partial charge in [-0.2, -0.15) is 0 Å². The van der Waals surface area contributed by atoms with Gasteiger partial charge in [0.25, 0.3) is 0 Å². The van der Waals surface area contributed by atoms with Crippen molar-refractivity contribution in [3.8, 4) is 0 Å². The Morgan fingerprint density at radius 1 is 1.20 bits per heavy atom. The molecular weight excluding hydrogens is 320 g/mol. The van der Waals surface area contributed by atoms with Crippen LogP contribution in [0.5, 0.6) is 0 Å². The highest BCUT2D eigenvalue weighted by atomic mass is 16.4. The van der Waals surface area contributed by atoms with Gasteiger partial charge in [-0.1, -0.05) is 13.3 Å². The van der Waals surface area contributed by atoms with Crippen molar-refractivity contribution in [2.24, 2.45) is 22.7 Å². The summed E-state index contributed by atoms with van der Waals surface area (Å²) in [5.74, 6) is -1.26. The zero-order valence-corrected chi connectivity index (χ0v) is 15.6. The summed E-state index contributed by atoms with van der Waals surface area (Å²) in [6.45, 7) is 7.01. The maximum absolute atomic E-state index is 12.7. The van der Waals surface area contributed by atoms with Crippen LogP contribution in [0.15, 0.2) is 11.6 Å². The number of ketones is 1. The van der Waals surface area contributed by atoms with Crippen molar-refractivity contribution in [3.63, 3.8) is 0 Å². The van der Waals surface area contributed by atoms with Gasteiger partial charge in [0, 0.05) is 17.9 Å². The summed E-state index contributed by atoms with van der Waals surface area (Å²) in [4.78, 5) is 24.7. The van der Waals surface area contributed by atoms with Gasteiger partial charge in [0.2, 0.25) is 0 Å². The molecule has 2 fully saturated rings. The van der Waals surface area contributed by atoms with Gasteiger partial charge in [0.1, 0.15) is 0 Å². The third-order valence-corrected chi connectivity index (χ3v) is 7.44. The second-order valence-corrected chi connectivity index (χ2v) is 9.46. The minimum atomic E-state index is -1.28. The molecule has 2 saturated carbocycles. The summed E-state index contributed by atoms with van der Waals surface area (Å²) in [6.07, 6.45) is 5.08. The van der Waals surface area contributed by atoms with Crippen LogP contribution in [-0.2, 0) is 9.59 Å². The molecule has 3 N–H and O–H groups in total. The van der Waals surface area contributed by atoms with E-state index in [1.165, 1.54) is 0 Å². The molecule has 5 nitrogen and oxygen atoms in total. The summed E-state index contributed by atoms with van der Waals surface area (Å²) in [5.41, 5.74) is -3.35. The smallest absolute Gasteiger partial charge is 0.309 e. The lowest BCUT2D eigenvalue weighted by molar-refractivity contribution is -0.187. The third-order valence-electron chi connectivity index (χ3n) is 7.44. The third kappa shape index (κ3) is 2.58. The van der Waals surface area contributed by atoms with E-state index in [4.69, 9.17) is 0 Å². The van der Waals surface area contributed by atoms with Gasteiger partial charge < -0.3 is 15.3 Å². The number of carboxylic acids is 1. The van der Waals surface area contributed by atoms with E-state index in [0.29, 0.717) is 19.3 Å². The standard InChI is InChI=1S/C20H30O5/c1-17(2,24)12-11-20(25)9-6-14-18(3,15(20)10-13(12)21)7-5-8-19(14,4)16(22)23/h11,14-15,24-25H,5-10H2,1-4H3,(H,22,23)/t14-,15-,18+,19+,20+/m1/s1. The van der Waals surface area contributed by atoms with Crippen LogP contribution in [0.4, 0.5) is 0 Å². The molecule has 0 amide bonds. The first-order valence-corrected chi connectivity index (χ1v) is 9.29. The molecule has 0 radical (unpaired) electrons. The minimum Gasteiger partial charge on any atom is -0.481 e. The second-order valence-electron chi connectivity index (χ2n) is 9.46. The Kier molecular flexibility index (Phi) is 4.01. The van der Waals surface area contributed by atoms with Gasteiger partial charge in [-0.3, -0.25) is 9.59 Å². The summed E-state index contributed by atoms with van der Waals surface area (Å²) < 4.78 is 0. The normalized spacial score (nSPS) is 44.6. The molecular formula is C20H30O5. The summed E-state index contributed by atoms with van der Waals surface area (Å²) in [5, 5.41) is 31.5. The van der Waals surface area contributed by atoms with Crippen LogP contribution in [0, 0.1) is 22.7 Å². The number of hydrogen-bond donors (Lipinski definition) is 3. The van der Waals surface area contributed by atoms with E-state index in [0.717, 1.165) is 12.8 Å². The molecule has 5 atom stereocenters. The number of aliphatic hydroxyl groups is 2. The molecule has 0 unspecified atom stereocenters. The van der Waals surface area contributed by atoms with Crippen LogP contribution in [0.1, 0.15) is 66.2 Å². The number of rotatable bonds is 2. The van der Waals surface area contributed by atoms with Crippen molar-refractivity contribution >= 4 is 11.8 Å². The molecule has 3 aliphatic carbocycles. The largest absolute Gasteiger partial charge is 0.481 e. The predicted molar refractivity (Wildman–Crippen MR) is 92.9 cm³/mol. The van der Waals surface area contributed by atoms with Crippen molar-refractivity contribution in [2.45, 2.75) is 77.4 Å². The van der Waals surface area contributed by atoms with Crippen LogP contribution >= 0.6 is 0 Å². The SMILES string of the molecule is CC(C)(O)C1=C[C@@]2(O)CC[C@@H]3[C@](C)(CCC[C@]3(C)C(=O)O)[C@H]2CC1=O. The summed E-state index contributed by atoms with van der Waals surface area (Å²) >= 11 is 0. The first kappa shape index (κ1) is 18.6. The monoisotopic (exact) mass is 350 g/mol. The van der Waals surface area contributed by atoms with E-state index in [1.54, 1.807) is 19.9 Å². The Labute approximate surface area is 149 Å². The van der Waals surface area contributed by atoms with E-state index < -0.39 is 28.0 Å². The first-order chi connectivity index (χ1) is 11.3.